The van der Waals surface area contributed by atoms with E-state index in [0.717, 1.165) is 57.1 Å². The van der Waals surface area contributed by atoms with Gasteiger partial charge in [-0.15, -0.1) is 0 Å². The Hall–Kier alpha value is -2.22. The third kappa shape index (κ3) is 8.91. The lowest BCUT2D eigenvalue weighted by molar-refractivity contribution is -0.103. The van der Waals surface area contributed by atoms with Crippen LogP contribution in [0.5, 0.6) is 0 Å². The van der Waals surface area contributed by atoms with Gasteiger partial charge in [-0.25, -0.2) is 8.42 Å². The first-order valence-electron chi connectivity index (χ1n) is 12.1. The van der Waals surface area contributed by atoms with Gasteiger partial charge in [0.15, 0.2) is 6.19 Å². The van der Waals surface area contributed by atoms with Gasteiger partial charge in [-0.05, 0) is 56.6 Å². The Bertz CT molecular complexity index is 877. The predicted octanol–water partition coefficient (Wildman–Crippen LogP) is 3.79. The van der Waals surface area contributed by atoms with E-state index in [1.807, 2.05) is 6.19 Å². The molecule has 9 nitrogen and oxygen atoms in total. The van der Waals surface area contributed by atoms with Gasteiger partial charge in [0, 0.05) is 31.2 Å². The van der Waals surface area contributed by atoms with Gasteiger partial charge in [-0.1, -0.05) is 36.6 Å². The average Bonchev–Trinajstić information content (AvgIpc) is 3.68. The molecule has 10 heteroatoms. The van der Waals surface area contributed by atoms with Crippen LogP contribution in [0.4, 0.5) is 5.69 Å². The zero-order valence-electron chi connectivity index (χ0n) is 19.3. The number of nitriles is 1. The zero-order chi connectivity index (χ0) is 23.4. The smallest absolute Gasteiger partial charge is 0.238 e. The number of hydrogen-bond acceptors (Lipinski definition) is 6. The van der Waals surface area contributed by atoms with Crippen molar-refractivity contribution in [2.75, 3.05) is 25.0 Å². The number of pyridine rings is 1. The number of guanidine groups is 1. The molecule has 33 heavy (non-hydrogen) atoms. The van der Waals surface area contributed by atoms with Crippen LogP contribution in [0.25, 0.3) is 0 Å². The first-order chi connectivity index (χ1) is 16.1. The molecular formula is C23H36N6O3S. The van der Waals surface area contributed by atoms with Crippen molar-refractivity contribution in [3.8, 4) is 6.19 Å². The Morgan fingerprint density at radius 2 is 1.85 bits per heavy atom. The maximum atomic E-state index is 12.8. The summed E-state index contributed by atoms with van der Waals surface area (Å²) in [6.45, 7) is 1.50. The normalized spacial score (nSPS) is 17.6. The van der Waals surface area contributed by atoms with E-state index < -0.39 is 10.0 Å². The lowest BCUT2D eigenvalue weighted by Crippen LogP contribution is -2.36. The van der Waals surface area contributed by atoms with Crippen molar-refractivity contribution in [2.45, 2.75) is 75.9 Å². The molecular weight excluding hydrogens is 440 g/mol. The Kier molecular flexibility index (Phi) is 10.4. The van der Waals surface area contributed by atoms with Gasteiger partial charge in [0.2, 0.25) is 16.0 Å². The van der Waals surface area contributed by atoms with Crippen molar-refractivity contribution in [2.24, 2.45) is 10.9 Å². The number of nitrogens with one attached hydrogen (secondary N) is 2. The van der Waals surface area contributed by atoms with Crippen LogP contribution in [-0.2, 0) is 14.9 Å². The second-order valence-electron chi connectivity index (χ2n) is 8.81. The molecule has 0 bridgehead atoms. The van der Waals surface area contributed by atoms with Crippen LogP contribution in [-0.4, -0.2) is 48.8 Å². The molecule has 2 aliphatic carbocycles. The second-order valence-corrected chi connectivity index (χ2v) is 10.9. The highest BCUT2D eigenvalue weighted by Crippen LogP contribution is 2.32. The number of rotatable bonds is 13. The summed E-state index contributed by atoms with van der Waals surface area (Å²) in [4.78, 5) is 14.2. The zero-order valence-corrected chi connectivity index (χ0v) is 20.1. The largest absolute Gasteiger partial charge is 0.325 e. The molecule has 0 atom stereocenters. The topological polar surface area (TPSA) is 120 Å². The van der Waals surface area contributed by atoms with Gasteiger partial charge in [-0.3, -0.25) is 20.1 Å². The molecule has 2 saturated carbocycles. The van der Waals surface area contributed by atoms with E-state index in [-0.39, 0.29) is 5.25 Å². The monoisotopic (exact) mass is 476 g/mol. The number of hydroxylamine groups is 1. The molecule has 2 N–H and O–H groups in total. The van der Waals surface area contributed by atoms with Gasteiger partial charge in [0.25, 0.3) is 0 Å². The fraction of sp³-hybridized carbons (Fsp3) is 0.696. The second kappa shape index (κ2) is 13.5. The van der Waals surface area contributed by atoms with E-state index >= 15 is 0 Å². The summed E-state index contributed by atoms with van der Waals surface area (Å²) in [6, 6.07) is 3.60. The SMILES string of the molecule is N#CNC(=NCCCCCCN(OCC1CCCCC1)S(=O)(=O)C1CC1)Nc1ccncc1. The van der Waals surface area contributed by atoms with E-state index in [0.29, 0.717) is 31.6 Å². The molecule has 0 spiro atoms. The number of unbranched alkanes of at least 4 members (excludes halogenated alkanes) is 3. The van der Waals surface area contributed by atoms with Crippen LogP contribution in [0.3, 0.4) is 0 Å². The Balaban J connectivity index is 1.37. The van der Waals surface area contributed by atoms with Gasteiger partial charge >= 0.3 is 0 Å². The van der Waals surface area contributed by atoms with Crippen LogP contribution in [0.2, 0.25) is 0 Å². The Morgan fingerprint density at radius 3 is 2.55 bits per heavy atom. The lowest BCUT2D eigenvalue weighted by Gasteiger charge is -2.26. The maximum Gasteiger partial charge on any atom is 0.238 e. The number of aliphatic imine (C=N–C) groups is 1. The lowest BCUT2D eigenvalue weighted by atomic mass is 9.90. The highest BCUT2D eigenvalue weighted by atomic mass is 32.2. The number of sulfonamides is 1. The molecule has 0 saturated heterocycles. The van der Waals surface area contributed by atoms with Crippen LogP contribution in [0.15, 0.2) is 29.5 Å². The highest BCUT2D eigenvalue weighted by Gasteiger charge is 2.41. The number of aromatic nitrogens is 1. The summed E-state index contributed by atoms with van der Waals surface area (Å²) < 4.78 is 26.8. The molecule has 0 amide bonds. The van der Waals surface area contributed by atoms with Gasteiger partial charge in [0.05, 0.1) is 11.9 Å². The molecule has 2 fully saturated rings. The maximum absolute atomic E-state index is 12.8. The molecule has 182 valence electrons. The summed E-state index contributed by atoms with van der Waals surface area (Å²) in [6.07, 6.45) is 16.1. The Labute approximate surface area is 197 Å². The summed E-state index contributed by atoms with van der Waals surface area (Å²) in [5, 5.41) is 14.3. The molecule has 0 radical (unpaired) electrons. The average molecular weight is 477 g/mol. The van der Waals surface area contributed by atoms with E-state index in [1.54, 1.807) is 24.5 Å². The summed E-state index contributed by atoms with van der Waals surface area (Å²) in [5.41, 5.74) is 0.802. The van der Waals surface area contributed by atoms with Gasteiger partial charge < -0.3 is 5.32 Å². The molecule has 0 aliphatic heterocycles. The fourth-order valence-corrected chi connectivity index (χ4v) is 5.63. The van der Waals surface area contributed by atoms with Gasteiger partial charge in [0.1, 0.15) is 0 Å². The van der Waals surface area contributed by atoms with Crippen molar-refractivity contribution in [1.29, 1.82) is 5.26 Å². The van der Waals surface area contributed by atoms with E-state index in [1.165, 1.54) is 23.7 Å². The first-order valence-corrected chi connectivity index (χ1v) is 13.6. The molecule has 0 unspecified atom stereocenters. The summed E-state index contributed by atoms with van der Waals surface area (Å²) in [5.74, 6) is 0.881. The van der Waals surface area contributed by atoms with Crippen LogP contribution in [0, 0.1) is 17.4 Å². The molecule has 0 aromatic carbocycles. The molecule has 1 aromatic rings. The molecule has 3 rings (SSSR count). The quantitative estimate of drug-likeness (QED) is 0.111. The minimum absolute atomic E-state index is 0.253. The van der Waals surface area contributed by atoms with Crippen molar-refractivity contribution in [1.82, 2.24) is 14.8 Å². The number of anilines is 1. The highest BCUT2D eigenvalue weighted by molar-refractivity contribution is 7.89. The van der Waals surface area contributed by atoms with Crippen LogP contribution in [0.1, 0.15) is 70.6 Å². The Morgan fingerprint density at radius 1 is 1.12 bits per heavy atom. The first kappa shape index (κ1) is 25.4. The van der Waals surface area contributed by atoms with Crippen LogP contribution < -0.4 is 10.6 Å². The third-order valence-corrected chi connectivity index (χ3v) is 8.21. The van der Waals surface area contributed by atoms with Crippen LogP contribution >= 0.6 is 0 Å². The summed E-state index contributed by atoms with van der Waals surface area (Å²) >= 11 is 0. The van der Waals surface area contributed by atoms with E-state index in [9.17, 15) is 8.42 Å². The standard InChI is InChI=1S/C23H36N6O3S/c24-19-27-23(28-21-12-15-25-16-13-21)26-14-6-1-2-7-17-29(33(30,31)22-10-11-22)32-18-20-8-4-3-5-9-20/h12-13,15-16,20,22H,1-11,14,17-18H2,(H2,25,26,27,28). The van der Waals surface area contributed by atoms with Crippen molar-refractivity contribution >= 4 is 21.7 Å². The van der Waals surface area contributed by atoms with Crippen molar-refractivity contribution < 1.29 is 13.3 Å². The minimum Gasteiger partial charge on any atom is -0.325 e. The molecule has 1 aromatic heterocycles. The predicted molar refractivity (Wildman–Crippen MR) is 129 cm³/mol. The minimum atomic E-state index is -3.34. The van der Waals surface area contributed by atoms with Crippen molar-refractivity contribution in [3.63, 3.8) is 0 Å². The van der Waals surface area contributed by atoms with E-state index in [4.69, 9.17) is 10.1 Å². The summed E-state index contributed by atoms with van der Waals surface area (Å²) in [7, 11) is -3.34. The third-order valence-electron chi connectivity index (χ3n) is 6.04. The van der Waals surface area contributed by atoms with Gasteiger partial charge in [-0.2, -0.15) is 5.26 Å². The van der Waals surface area contributed by atoms with Crippen molar-refractivity contribution in [3.05, 3.63) is 24.5 Å². The van der Waals surface area contributed by atoms with E-state index in [2.05, 4.69) is 20.6 Å². The molecule has 1 heterocycles. The number of nitrogens with zero attached hydrogens (tertiary/aromatic N) is 4. The fourth-order valence-electron chi connectivity index (χ4n) is 3.97. The molecule has 2 aliphatic rings. The number of hydrogen-bond donors (Lipinski definition) is 2.